The summed E-state index contributed by atoms with van der Waals surface area (Å²) in [7, 11) is 0. The van der Waals surface area contributed by atoms with Gasteiger partial charge >= 0.3 is 6.16 Å². The van der Waals surface area contributed by atoms with Crippen LogP contribution in [0.3, 0.4) is 0 Å². The Kier molecular flexibility index (Phi) is 6.12. The molecule has 26 heavy (non-hydrogen) atoms. The maximum atomic E-state index is 14.8. The highest BCUT2D eigenvalue weighted by Gasteiger charge is 2.23. The number of carbonyl (C=O) groups excluding carboxylic acids is 1. The minimum atomic E-state index is -1.08. The third-order valence-electron chi connectivity index (χ3n) is 3.63. The van der Waals surface area contributed by atoms with Gasteiger partial charge in [-0.1, -0.05) is 13.3 Å². The van der Waals surface area contributed by atoms with Crippen LogP contribution in [0.4, 0.5) is 13.6 Å². The Labute approximate surface area is 149 Å². The van der Waals surface area contributed by atoms with E-state index in [9.17, 15) is 23.9 Å². The Balaban J connectivity index is 2.68. The van der Waals surface area contributed by atoms with Gasteiger partial charge in [-0.25, -0.2) is 13.6 Å². The minimum Gasteiger partial charge on any atom is -0.505 e. The molecule has 0 saturated heterocycles. The molecule has 0 saturated carbocycles. The number of phenols is 1. The average molecular weight is 361 g/mol. The van der Waals surface area contributed by atoms with E-state index in [4.69, 9.17) is 4.74 Å². The number of benzene rings is 2. The number of halogens is 2. The quantitative estimate of drug-likeness (QED) is 0.617. The Bertz CT molecular complexity index is 875. The molecule has 0 unspecified atom stereocenters. The number of nitriles is 1. The lowest BCUT2D eigenvalue weighted by molar-refractivity contribution is 0.104. The van der Waals surface area contributed by atoms with Crippen LogP contribution in [0.15, 0.2) is 24.3 Å². The maximum absolute atomic E-state index is 14.8. The minimum absolute atomic E-state index is 0.0552. The third kappa shape index (κ3) is 3.91. The molecule has 0 atom stereocenters. The fourth-order valence-electron chi connectivity index (χ4n) is 2.53. The number of hydrogen-bond donors (Lipinski definition) is 1. The second kappa shape index (κ2) is 8.30. The number of hydrogen-bond acceptors (Lipinski definition) is 5. The molecular formula is C19H17F2NO4. The van der Waals surface area contributed by atoms with Gasteiger partial charge in [0, 0.05) is 11.1 Å². The van der Waals surface area contributed by atoms with Crippen LogP contribution < -0.4 is 4.74 Å². The van der Waals surface area contributed by atoms with E-state index < -0.39 is 23.5 Å². The smallest absolute Gasteiger partial charge is 0.505 e. The molecule has 0 aliphatic carbocycles. The number of nitrogens with zero attached hydrogens (tertiary/aromatic N) is 1. The van der Waals surface area contributed by atoms with Crippen molar-refractivity contribution in [3.63, 3.8) is 0 Å². The molecule has 0 aromatic heterocycles. The molecule has 0 aliphatic rings. The first-order valence-corrected chi connectivity index (χ1v) is 8.01. The second-order valence-electron chi connectivity index (χ2n) is 5.41. The van der Waals surface area contributed by atoms with Gasteiger partial charge in [0.2, 0.25) is 0 Å². The molecule has 0 heterocycles. The number of rotatable bonds is 5. The Morgan fingerprint density at radius 3 is 2.62 bits per heavy atom. The molecule has 0 spiro atoms. The van der Waals surface area contributed by atoms with Gasteiger partial charge in [-0.2, -0.15) is 5.26 Å². The van der Waals surface area contributed by atoms with Gasteiger partial charge in [0.1, 0.15) is 11.6 Å². The third-order valence-corrected chi connectivity index (χ3v) is 3.63. The summed E-state index contributed by atoms with van der Waals surface area (Å²) in [5.74, 6) is -2.61. The monoisotopic (exact) mass is 361 g/mol. The van der Waals surface area contributed by atoms with Crippen molar-refractivity contribution < 1.29 is 28.2 Å². The van der Waals surface area contributed by atoms with Gasteiger partial charge in [-0.05, 0) is 43.2 Å². The molecule has 2 aromatic rings. The van der Waals surface area contributed by atoms with Gasteiger partial charge < -0.3 is 14.6 Å². The molecule has 136 valence electrons. The van der Waals surface area contributed by atoms with Crippen molar-refractivity contribution in [2.24, 2.45) is 0 Å². The van der Waals surface area contributed by atoms with E-state index in [1.807, 2.05) is 13.0 Å². The van der Waals surface area contributed by atoms with Crippen molar-refractivity contribution in [1.82, 2.24) is 0 Å². The molecule has 0 amide bonds. The number of aromatic hydroxyl groups is 1. The van der Waals surface area contributed by atoms with Crippen molar-refractivity contribution in [1.29, 1.82) is 5.26 Å². The number of aryl methyl sites for hydroxylation is 1. The fourth-order valence-corrected chi connectivity index (χ4v) is 2.53. The molecule has 0 fully saturated rings. The molecule has 0 bridgehead atoms. The molecule has 1 N–H and O–H groups in total. The Hall–Kier alpha value is -3.14. The molecule has 5 nitrogen and oxygen atoms in total. The lowest BCUT2D eigenvalue weighted by atomic mass is 9.94. The topological polar surface area (TPSA) is 79.5 Å². The van der Waals surface area contributed by atoms with Crippen LogP contribution in [0, 0.1) is 23.0 Å². The van der Waals surface area contributed by atoms with Gasteiger partial charge in [-0.3, -0.25) is 0 Å². The molecule has 7 heteroatoms. The van der Waals surface area contributed by atoms with Gasteiger partial charge in [-0.15, -0.1) is 0 Å². The van der Waals surface area contributed by atoms with Crippen molar-refractivity contribution >= 4 is 6.16 Å². The van der Waals surface area contributed by atoms with Crippen molar-refractivity contribution in [2.75, 3.05) is 6.61 Å². The predicted octanol–water partition coefficient (Wildman–Crippen LogP) is 4.70. The summed E-state index contributed by atoms with van der Waals surface area (Å²) in [6.45, 7) is 3.47. The largest absolute Gasteiger partial charge is 0.513 e. The summed E-state index contributed by atoms with van der Waals surface area (Å²) in [6.07, 6.45) is -0.0485. The van der Waals surface area contributed by atoms with Crippen LogP contribution in [-0.2, 0) is 11.2 Å². The van der Waals surface area contributed by atoms with Crippen LogP contribution in [0.5, 0.6) is 11.5 Å². The Morgan fingerprint density at radius 2 is 2.00 bits per heavy atom. The zero-order chi connectivity index (χ0) is 19.3. The van der Waals surface area contributed by atoms with E-state index >= 15 is 0 Å². The zero-order valence-electron chi connectivity index (χ0n) is 14.3. The lowest BCUT2D eigenvalue weighted by Gasteiger charge is -2.15. The first-order chi connectivity index (χ1) is 12.4. The molecule has 0 radical (unpaired) electrons. The highest BCUT2D eigenvalue weighted by Crippen LogP contribution is 2.40. The highest BCUT2D eigenvalue weighted by atomic mass is 19.1. The highest BCUT2D eigenvalue weighted by molar-refractivity contribution is 5.80. The normalized spacial score (nSPS) is 10.3. The summed E-state index contributed by atoms with van der Waals surface area (Å²) >= 11 is 0. The molecule has 2 aromatic carbocycles. The average Bonchev–Trinajstić information content (AvgIpc) is 2.61. The summed E-state index contributed by atoms with van der Waals surface area (Å²) in [5, 5.41) is 19.5. The van der Waals surface area contributed by atoms with Crippen LogP contribution in [-0.4, -0.2) is 17.9 Å². The summed E-state index contributed by atoms with van der Waals surface area (Å²) in [6, 6.07) is 6.25. The second-order valence-corrected chi connectivity index (χ2v) is 5.41. The fraction of sp³-hybridized carbons (Fsp3) is 0.263. The number of ether oxygens (including phenoxy) is 2. The van der Waals surface area contributed by atoms with Crippen LogP contribution in [0.2, 0.25) is 0 Å². The first kappa shape index (κ1) is 19.2. The summed E-state index contributed by atoms with van der Waals surface area (Å²) < 4.78 is 38.2. The molecule has 2 rings (SSSR count). The Morgan fingerprint density at radius 1 is 1.27 bits per heavy atom. The SMILES string of the molecule is CCCc1cc(C#N)c(-c2cc(F)ccc2OC(=O)OCC)c(F)c1O. The van der Waals surface area contributed by atoms with E-state index in [1.165, 1.54) is 6.07 Å². The van der Waals surface area contributed by atoms with Crippen molar-refractivity contribution in [3.8, 4) is 28.7 Å². The van der Waals surface area contributed by atoms with Crippen LogP contribution in [0.1, 0.15) is 31.4 Å². The summed E-state index contributed by atoms with van der Waals surface area (Å²) in [4.78, 5) is 11.6. The lowest BCUT2D eigenvalue weighted by Crippen LogP contribution is -2.11. The number of phenolic OH excluding ortho intramolecular Hbond substituents is 1. The first-order valence-electron chi connectivity index (χ1n) is 8.01. The number of carbonyl (C=O) groups is 1. The van der Waals surface area contributed by atoms with Gasteiger partial charge in [0.15, 0.2) is 11.6 Å². The van der Waals surface area contributed by atoms with E-state index in [-0.39, 0.29) is 34.6 Å². The van der Waals surface area contributed by atoms with Crippen LogP contribution in [0.25, 0.3) is 11.1 Å². The van der Waals surface area contributed by atoms with E-state index in [1.54, 1.807) is 6.92 Å². The molecular weight excluding hydrogens is 344 g/mol. The maximum Gasteiger partial charge on any atom is 0.513 e. The van der Waals surface area contributed by atoms with Crippen molar-refractivity contribution in [2.45, 2.75) is 26.7 Å². The predicted molar refractivity (Wildman–Crippen MR) is 89.8 cm³/mol. The van der Waals surface area contributed by atoms with Gasteiger partial charge in [0.05, 0.1) is 18.2 Å². The standard InChI is InChI=1S/C19H17F2NO4/c1-3-5-11-8-12(10-22)16(17(21)18(11)23)14-9-13(20)6-7-15(14)26-19(24)25-4-2/h6-9,23H,3-5H2,1-2H3. The molecule has 0 aliphatic heterocycles. The van der Waals surface area contributed by atoms with E-state index in [0.29, 0.717) is 12.8 Å². The zero-order valence-corrected chi connectivity index (χ0v) is 14.3. The van der Waals surface area contributed by atoms with E-state index in [0.717, 1.165) is 18.2 Å². The van der Waals surface area contributed by atoms with Crippen molar-refractivity contribution in [3.05, 3.63) is 47.0 Å². The van der Waals surface area contributed by atoms with Crippen LogP contribution >= 0.6 is 0 Å². The van der Waals surface area contributed by atoms with Gasteiger partial charge in [0.25, 0.3) is 0 Å². The summed E-state index contributed by atoms with van der Waals surface area (Å²) in [5.41, 5.74) is -0.355. The van der Waals surface area contributed by atoms with E-state index in [2.05, 4.69) is 4.74 Å².